The maximum absolute atomic E-state index is 6.06. The van der Waals surface area contributed by atoms with Crippen LogP contribution in [0.3, 0.4) is 0 Å². The summed E-state index contributed by atoms with van der Waals surface area (Å²) >= 11 is 3.47. The van der Waals surface area contributed by atoms with E-state index in [1.54, 1.807) is 6.20 Å². The van der Waals surface area contributed by atoms with Crippen molar-refractivity contribution in [2.75, 3.05) is 5.73 Å². The van der Waals surface area contributed by atoms with Crippen LogP contribution in [0.5, 0.6) is 0 Å². The first kappa shape index (κ1) is 12.2. The number of nitrogens with zero attached hydrogens (tertiary/aromatic N) is 3. The molecule has 0 aliphatic carbocycles. The van der Waals surface area contributed by atoms with Crippen LogP contribution < -0.4 is 5.73 Å². The van der Waals surface area contributed by atoms with E-state index in [4.69, 9.17) is 5.73 Å². The molecule has 0 atom stereocenters. The Morgan fingerprint density at radius 3 is 2.68 bits per heavy atom. The van der Waals surface area contributed by atoms with Crippen molar-refractivity contribution in [3.8, 4) is 5.69 Å². The van der Waals surface area contributed by atoms with Gasteiger partial charge in [-0.05, 0) is 49.2 Å². The van der Waals surface area contributed by atoms with Gasteiger partial charge in [0.2, 0.25) is 5.95 Å². The second-order valence-corrected chi connectivity index (χ2v) is 5.45. The van der Waals surface area contributed by atoms with Crippen LogP contribution in [-0.2, 0) is 0 Å². The number of benzene rings is 1. The summed E-state index contributed by atoms with van der Waals surface area (Å²) < 4.78 is 2.94. The van der Waals surface area contributed by atoms with Crippen molar-refractivity contribution in [2.24, 2.45) is 0 Å². The smallest absolute Gasteiger partial charge is 0.207 e. The fourth-order valence-corrected chi connectivity index (χ4v) is 2.69. The largest absolute Gasteiger partial charge is 0.369 e. The van der Waals surface area contributed by atoms with Crippen molar-refractivity contribution in [3.05, 3.63) is 46.1 Å². The quantitative estimate of drug-likeness (QED) is 0.748. The van der Waals surface area contributed by atoms with Crippen LogP contribution in [0.25, 0.3) is 16.9 Å². The lowest BCUT2D eigenvalue weighted by atomic mass is 10.2. The van der Waals surface area contributed by atoms with E-state index in [-0.39, 0.29) is 0 Å². The van der Waals surface area contributed by atoms with Gasteiger partial charge in [-0.3, -0.25) is 4.57 Å². The molecule has 0 aliphatic rings. The van der Waals surface area contributed by atoms with Gasteiger partial charge in [-0.1, -0.05) is 15.9 Å². The molecule has 0 amide bonds. The summed E-state index contributed by atoms with van der Waals surface area (Å²) in [5.74, 6) is 0.460. The van der Waals surface area contributed by atoms with Gasteiger partial charge in [-0.25, -0.2) is 9.97 Å². The van der Waals surface area contributed by atoms with E-state index in [0.717, 1.165) is 32.5 Å². The summed E-state index contributed by atoms with van der Waals surface area (Å²) in [5.41, 5.74) is 10.9. The number of nitrogen functional groups attached to an aromatic ring is 1. The van der Waals surface area contributed by atoms with Gasteiger partial charge in [0.25, 0.3) is 0 Å². The average molecular weight is 317 g/mol. The molecule has 0 unspecified atom stereocenters. The average Bonchev–Trinajstić information content (AvgIpc) is 2.68. The molecular formula is C14H13BrN4. The lowest BCUT2D eigenvalue weighted by Crippen LogP contribution is -2.03. The lowest BCUT2D eigenvalue weighted by molar-refractivity contribution is 1.06. The Morgan fingerprint density at radius 2 is 1.95 bits per heavy atom. The Bertz CT molecular complexity index is 776. The van der Waals surface area contributed by atoms with Gasteiger partial charge in [0.05, 0.1) is 5.69 Å². The number of imidazole rings is 1. The standard InChI is InChI=1S/C14H13BrN4/c1-8-5-6-17-13-12(8)18-14(16)19(13)11-4-3-10(15)7-9(11)2/h3-7H,1-2H3,(H2,16,18). The van der Waals surface area contributed by atoms with Crippen molar-refractivity contribution in [1.82, 2.24) is 14.5 Å². The fourth-order valence-electron chi connectivity index (χ4n) is 2.22. The van der Waals surface area contributed by atoms with Crippen LogP contribution in [0.4, 0.5) is 5.95 Å². The van der Waals surface area contributed by atoms with Crippen LogP contribution in [0.15, 0.2) is 34.9 Å². The molecule has 0 bridgehead atoms. The third-order valence-corrected chi connectivity index (χ3v) is 3.67. The van der Waals surface area contributed by atoms with Crippen molar-refractivity contribution in [3.63, 3.8) is 0 Å². The summed E-state index contributed by atoms with van der Waals surface area (Å²) in [5, 5.41) is 0. The molecule has 4 nitrogen and oxygen atoms in total. The Morgan fingerprint density at radius 1 is 1.16 bits per heavy atom. The third kappa shape index (κ3) is 1.90. The molecule has 5 heteroatoms. The third-order valence-electron chi connectivity index (χ3n) is 3.17. The number of nitrogens with two attached hydrogens (primary N) is 1. The second-order valence-electron chi connectivity index (χ2n) is 4.54. The van der Waals surface area contributed by atoms with Crippen LogP contribution in [0.2, 0.25) is 0 Å². The number of halogens is 1. The van der Waals surface area contributed by atoms with Crippen LogP contribution in [0, 0.1) is 13.8 Å². The molecular weight excluding hydrogens is 304 g/mol. The zero-order valence-corrected chi connectivity index (χ0v) is 12.3. The number of aryl methyl sites for hydroxylation is 2. The molecule has 3 rings (SSSR count). The molecule has 19 heavy (non-hydrogen) atoms. The van der Waals surface area contributed by atoms with Gasteiger partial charge in [-0.15, -0.1) is 0 Å². The first-order valence-corrected chi connectivity index (χ1v) is 6.73. The molecule has 3 aromatic rings. The van der Waals surface area contributed by atoms with Crippen molar-refractivity contribution < 1.29 is 0 Å². The molecule has 0 saturated carbocycles. The Balaban J connectivity index is 2.36. The first-order chi connectivity index (χ1) is 9.08. The van der Waals surface area contributed by atoms with Gasteiger partial charge in [-0.2, -0.15) is 0 Å². The molecule has 96 valence electrons. The van der Waals surface area contributed by atoms with Gasteiger partial charge < -0.3 is 5.73 Å². The number of fused-ring (bicyclic) bond motifs is 1. The number of aromatic nitrogens is 3. The fraction of sp³-hybridized carbons (Fsp3) is 0.143. The number of hydrogen-bond acceptors (Lipinski definition) is 3. The Kier molecular flexibility index (Phi) is 2.78. The second kappa shape index (κ2) is 4.35. The Labute approximate surface area is 119 Å². The van der Waals surface area contributed by atoms with Gasteiger partial charge in [0, 0.05) is 10.7 Å². The maximum Gasteiger partial charge on any atom is 0.207 e. The first-order valence-electron chi connectivity index (χ1n) is 5.94. The molecule has 2 aromatic heterocycles. The maximum atomic E-state index is 6.06. The van der Waals surface area contributed by atoms with Crippen LogP contribution in [0.1, 0.15) is 11.1 Å². The molecule has 0 radical (unpaired) electrons. The van der Waals surface area contributed by atoms with Crippen molar-refractivity contribution in [1.29, 1.82) is 0 Å². The zero-order chi connectivity index (χ0) is 13.6. The minimum absolute atomic E-state index is 0.460. The number of hydrogen-bond donors (Lipinski definition) is 1. The van der Waals surface area contributed by atoms with Crippen LogP contribution in [-0.4, -0.2) is 14.5 Å². The highest BCUT2D eigenvalue weighted by Crippen LogP contribution is 2.26. The van der Waals surface area contributed by atoms with E-state index in [2.05, 4.69) is 32.0 Å². The predicted octanol–water partition coefficient (Wildman–Crippen LogP) is 3.38. The minimum Gasteiger partial charge on any atom is -0.369 e. The highest BCUT2D eigenvalue weighted by Gasteiger charge is 2.14. The molecule has 2 heterocycles. The summed E-state index contributed by atoms with van der Waals surface area (Å²) in [6, 6.07) is 7.99. The van der Waals surface area contributed by atoms with E-state index >= 15 is 0 Å². The van der Waals surface area contributed by atoms with Crippen molar-refractivity contribution in [2.45, 2.75) is 13.8 Å². The highest BCUT2D eigenvalue weighted by atomic mass is 79.9. The summed E-state index contributed by atoms with van der Waals surface area (Å²) in [7, 11) is 0. The SMILES string of the molecule is Cc1cc(Br)ccc1-n1c(N)nc2c(C)ccnc21. The molecule has 2 N–H and O–H groups in total. The van der Waals surface area contributed by atoms with Crippen LogP contribution >= 0.6 is 15.9 Å². The summed E-state index contributed by atoms with van der Waals surface area (Å²) in [4.78, 5) is 8.83. The number of rotatable bonds is 1. The van der Waals surface area contributed by atoms with E-state index in [1.165, 1.54) is 0 Å². The molecule has 0 saturated heterocycles. The number of anilines is 1. The lowest BCUT2D eigenvalue weighted by Gasteiger charge is -2.09. The van der Waals surface area contributed by atoms with Crippen molar-refractivity contribution >= 4 is 33.0 Å². The van der Waals surface area contributed by atoms with Gasteiger partial charge in [0.1, 0.15) is 5.52 Å². The van der Waals surface area contributed by atoms with E-state index in [1.807, 2.05) is 36.6 Å². The molecule has 1 aromatic carbocycles. The summed E-state index contributed by atoms with van der Waals surface area (Å²) in [6.45, 7) is 4.05. The minimum atomic E-state index is 0.460. The zero-order valence-electron chi connectivity index (χ0n) is 10.7. The number of pyridine rings is 1. The highest BCUT2D eigenvalue weighted by molar-refractivity contribution is 9.10. The molecule has 0 fully saturated rings. The van der Waals surface area contributed by atoms with Gasteiger partial charge in [0.15, 0.2) is 5.65 Å². The predicted molar refractivity (Wildman–Crippen MR) is 80.5 cm³/mol. The monoisotopic (exact) mass is 316 g/mol. The van der Waals surface area contributed by atoms with Gasteiger partial charge >= 0.3 is 0 Å². The normalized spacial score (nSPS) is 11.1. The van der Waals surface area contributed by atoms with E-state index < -0.39 is 0 Å². The Hall–Kier alpha value is -1.88. The topological polar surface area (TPSA) is 56.7 Å². The van der Waals surface area contributed by atoms with E-state index in [0.29, 0.717) is 5.95 Å². The molecule has 0 spiro atoms. The molecule has 0 aliphatic heterocycles. The summed E-state index contributed by atoms with van der Waals surface area (Å²) in [6.07, 6.45) is 1.78. The van der Waals surface area contributed by atoms with E-state index in [9.17, 15) is 0 Å².